The van der Waals surface area contributed by atoms with Crippen molar-refractivity contribution in [3.05, 3.63) is 54.0 Å². The Morgan fingerprint density at radius 3 is 2.60 bits per heavy atom. The van der Waals surface area contributed by atoms with Gasteiger partial charge in [0.15, 0.2) is 5.75 Å². The molecule has 1 aliphatic rings. The van der Waals surface area contributed by atoms with Gasteiger partial charge in [-0.1, -0.05) is 18.2 Å². The van der Waals surface area contributed by atoms with Crippen LogP contribution in [-0.2, 0) is 0 Å². The van der Waals surface area contributed by atoms with Gasteiger partial charge in [0, 0.05) is 12.4 Å². The van der Waals surface area contributed by atoms with E-state index in [0.717, 1.165) is 29.3 Å². The van der Waals surface area contributed by atoms with Crippen LogP contribution in [0.15, 0.2) is 42.7 Å². The first-order valence-corrected chi connectivity index (χ1v) is 8.21. The van der Waals surface area contributed by atoms with E-state index in [4.69, 9.17) is 4.74 Å². The van der Waals surface area contributed by atoms with E-state index in [1.807, 2.05) is 24.3 Å². The van der Waals surface area contributed by atoms with Gasteiger partial charge in [-0.3, -0.25) is 9.69 Å². The molecule has 1 saturated carbocycles. The number of benzene rings is 1. The fourth-order valence-electron chi connectivity index (χ4n) is 2.85. The number of pyridine rings is 1. The predicted molar refractivity (Wildman–Crippen MR) is 95.0 cm³/mol. The molecule has 4 rings (SSSR count). The SMILES string of the molecule is COc1cnc(N(C)C(=O)c2nc3ccccc3cc2C2CC2)nc1. The molecule has 2 aromatic heterocycles. The van der Waals surface area contributed by atoms with Crippen molar-refractivity contribution < 1.29 is 9.53 Å². The van der Waals surface area contributed by atoms with Crippen molar-refractivity contribution in [2.45, 2.75) is 18.8 Å². The average molecular weight is 334 g/mol. The summed E-state index contributed by atoms with van der Waals surface area (Å²) in [6, 6.07) is 9.96. The van der Waals surface area contributed by atoms with Gasteiger partial charge < -0.3 is 4.74 Å². The van der Waals surface area contributed by atoms with Crippen molar-refractivity contribution in [1.82, 2.24) is 15.0 Å². The van der Waals surface area contributed by atoms with Gasteiger partial charge in [0.2, 0.25) is 5.95 Å². The Morgan fingerprint density at radius 2 is 1.92 bits per heavy atom. The highest BCUT2D eigenvalue weighted by Crippen LogP contribution is 2.42. The van der Waals surface area contributed by atoms with Gasteiger partial charge in [-0.2, -0.15) is 0 Å². The molecule has 3 aromatic rings. The smallest absolute Gasteiger partial charge is 0.279 e. The number of hydrogen-bond donors (Lipinski definition) is 0. The van der Waals surface area contributed by atoms with Crippen LogP contribution in [0.1, 0.15) is 34.8 Å². The topological polar surface area (TPSA) is 68.2 Å². The maximum Gasteiger partial charge on any atom is 0.279 e. The highest BCUT2D eigenvalue weighted by Gasteiger charge is 2.31. The van der Waals surface area contributed by atoms with Crippen molar-refractivity contribution in [2.24, 2.45) is 0 Å². The van der Waals surface area contributed by atoms with Crippen LogP contribution in [-0.4, -0.2) is 35.0 Å². The second-order valence-electron chi connectivity index (χ2n) is 6.18. The van der Waals surface area contributed by atoms with Crippen LogP contribution in [0, 0.1) is 0 Å². The van der Waals surface area contributed by atoms with E-state index >= 15 is 0 Å². The molecule has 1 amide bonds. The van der Waals surface area contributed by atoms with Crippen molar-refractivity contribution in [1.29, 1.82) is 0 Å². The zero-order valence-electron chi connectivity index (χ0n) is 14.1. The number of methoxy groups -OCH3 is 1. The number of carbonyl (C=O) groups excluding carboxylic acids is 1. The van der Waals surface area contributed by atoms with E-state index in [-0.39, 0.29) is 5.91 Å². The monoisotopic (exact) mass is 334 g/mol. The van der Waals surface area contributed by atoms with E-state index < -0.39 is 0 Å². The lowest BCUT2D eigenvalue weighted by Crippen LogP contribution is -2.29. The number of ether oxygens (including phenoxy) is 1. The number of para-hydroxylation sites is 1. The van der Waals surface area contributed by atoms with Gasteiger partial charge in [-0.25, -0.2) is 15.0 Å². The molecule has 6 nitrogen and oxygen atoms in total. The maximum absolute atomic E-state index is 13.0. The largest absolute Gasteiger partial charge is 0.494 e. The molecule has 25 heavy (non-hydrogen) atoms. The second kappa shape index (κ2) is 6.12. The number of fused-ring (bicyclic) bond motifs is 1. The first-order valence-electron chi connectivity index (χ1n) is 8.21. The fourth-order valence-corrected chi connectivity index (χ4v) is 2.85. The molecule has 1 aromatic carbocycles. The molecule has 2 heterocycles. The van der Waals surface area contributed by atoms with Crippen molar-refractivity contribution in [2.75, 3.05) is 19.1 Å². The normalized spacial score (nSPS) is 13.7. The van der Waals surface area contributed by atoms with E-state index in [1.165, 1.54) is 4.90 Å². The van der Waals surface area contributed by atoms with Crippen LogP contribution in [0.25, 0.3) is 10.9 Å². The Labute approximate surface area is 145 Å². The van der Waals surface area contributed by atoms with Gasteiger partial charge >= 0.3 is 0 Å². The summed E-state index contributed by atoms with van der Waals surface area (Å²) in [5, 5.41) is 1.06. The molecule has 0 aliphatic heterocycles. The van der Waals surface area contributed by atoms with Crippen LogP contribution in [0.2, 0.25) is 0 Å². The highest BCUT2D eigenvalue weighted by atomic mass is 16.5. The minimum Gasteiger partial charge on any atom is -0.494 e. The van der Waals surface area contributed by atoms with Crippen LogP contribution >= 0.6 is 0 Å². The molecule has 1 fully saturated rings. The summed E-state index contributed by atoms with van der Waals surface area (Å²) in [6.07, 6.45) is 5.29. The molecule has 0 unspecified atom stereocenters. The average Bonchev–Trinajstić information content (AvgIpc) is 3.51. The molecule has 0 N–H and O–H groups in total. The molecule has 0 spiro atoms. The first kappa shape index (κ1) is 15.5. The first-order chi connectivity index (χ1) is 12.2. The quantitative estimate of drug-likeness (QED) is 0.733. The molecule has 126 valence electrons. The summed E-state index contributed by atoms with van der Waals surface area (Å²) in [7, 11) is 3.21. The Bertz CT molecular complexity index is 936. The van der Waals surface area contributed by atoms with Crippen molar-refractivity contribution in [3.8, 4) is 5.75 Å². The standard InChI is InChI=1S/C19H18N4O2/c1-23(19-20-10-14(25-2)11-21-19)18(24)17-15(12-7-8-12)9-13-5-3-4-6-16(13)22-17/h3-6,9-12H,7-8H2,1-2H3. The molecular weight excluding hydrogens is 316 g/mol. The minimum atomic E-state index is -0.196. The Morgan fingerprint density at radius 1 is 1.20 bits per heavy atom. The number of amides is 1. The highest BCUT2D eigenvalue weighted by molar-refractivity contribution is 6.06. The molecule has 0 saturated heterocycles. The summed E-state index contributed by atoms with van der Waals surface area (Å²) in [4.78, 5) is 27.5. The Hall–Kier alpha value is -3.02. The number of aromatic nitrogens is 3. The summed E-state index contributed by atoms with van der Waals surface area (Å²) < 4.78 is 5.06. The maximum atomic E-state index is 13.0. The van der Waals surface area contributed by atoms with E-state index in [1.54, 1.807) is 26.6 Å². The summed E-state index contributed by atoms with van der Waals surface area (Å²) in [5.74, 6) is 1.09. The summed E-state index contributed by atoms with van der Waals surface area (Å²) in [6.45, 7) is 0. The Balaban J connectivity index is 1.74. The number of nitrogens with zero attached hydrogens (tertiary/aromatic N) is 4. The van der Waals surface area contributed by atoms with E-state index in [9.17, 15) is 4.79 Å². The van der Waals surface area contributed by atoms with Gasteiger partial charge in [-0.15, -0.1) is 0 Å². The molecular formula is C19H18N4O2. The van der Waals surface area contributed by atoms with E-state index in [0.29, 0.717) is 23.3 Å². The molecule has 0 radical (unpaired) electrons. The van der Waals surface area contributed by atoms with E-state index in [2.05, 4.69) is 21.0 Å². The van der Waals surface area contributed by atoms with Crippen LogP contribution < -0.4 is 9.64 Å². The predicted octanol–water partition coefficient (Wildman–Crippen LogP) is 3.19. The van der Waals surface area contributed by atoms with Crippen molar-refractivity contribution >= 4 is 22.8 Å². The second-order valence-corrected chi connectivity index (χ2v) is 6.18. The van der Waals surface area contributed by atoms with Gasteiger partial charge in [0.05, 0.1) is 25.0 Å². The minimum absolute atomic E-state index is 0.196. The molecule has 1 aliphatic carbocycles. The molecule has 0 atom stereocenters. The third-order valence-corrected chi connectivity index (χ3v) is 4.43. The molecule has 6 heteroatoms. The summed E-state index contributed by atoms with van der Waals surface area (Å²) >= 11 is 0. The molecule has 0 bridgehead atoms. The third kappa shape index (κ3) is 2.91. The van der Waals surface area contributed by atoms with Crippen LogP contribution in [0.5, 0.6) is 5.75 Å². The van der Waals surface area contributed by atoms with Gasteiger partial charge in [0.25, 0.3) is 5.91 Å². The number of rotatable bonds is 4. The van der Waals surface area contributed by atoms with Gasteiger partial charge in [-0.05, 0) is 36.5 Å². The lowest BCUT2D eigenvalue weighted by molar-refractivity contribution is 0.0986. The third-order valence-electron chi connectivity index (χ3n) is 4.43. The zero-order chi connectivity index (χ0) is 17.4. The zero-order valence-corrected chi connectivity index (χ0v) is 14.1. The summed E-state index contributed by atoms with van der Waals surface area (Å²) in [5.41, 5.74) is 2.33. The van der Waals surface area contributed by atoms with Crippen molar-refractivity contribution in [3.63, 3.8) is 0 Å². The fraction of sp³-hybridized carbons (Fsp3) is 0.263. The number of anilines is 1. The number of hydrogen-bond acceptors (Lipinski definition) is 5. The lowest BCUT2D eigenvalue weighted by atomic mass is 10.0. The van der Waals surface area contributed by atoms with Crippen LogP contribution in [0.4, 0.5) is 5.95 Å². The van der Waals surface area contributed by atoms with Gasteiger partial charge in [0.1, 0.15) is 5.69 Å². The number of carbonyl (C=O) groups is 1. The lowest BCUT2D eigenvalue weighted by Gasteiger charge is -2.17. The van der Waals surface area contributed by atoms with Crippen LogP contribution in [0.3, 0.4) is 0 Å². The Kier molecular flexibility index (Phi) is 3.80.